The van der Waals surface area contributed by atoms with Gasteiger partial charge in [0.15, 0.2) is 0 Å². The van der Waals surface area contributed by atoms with Crippen molar-refractivity contribution in [1.29, 1.82) is 0 Å². The van der Waals surface area contributed by atoms with Gasteiger partial charge >= 0.3 is 0 Å². The second-order valence-electron chi connectivity index (χ2n) is 3.59. The van der Waals surface area contributed by atoms with Gasteiger partial charge in [0, 0.05) is 0 Å². The van der Waals surface area contributed by atoms with Gasteiger partial charge in [0.2, 0.25) is 0 Å². The number of benzene rings is 1. The van der Waals surface area contributed by atoms with E-state index in [-0.39, 0.29) is 0 Å². The first-order chi connectivity index (χ1) is 6.38. The zero-order valence-corrected chi connectivity index (χ0v) is 8.72. The predicted molar refractivity (Wildman–Crippen MR) is 57.8 cm³/mol. The summed E-state index contributed by atoms with van der Waals surface area (Å²) in [4.78, 5) is 0. The lowest BCUT2D eigenvalue weighted by Crippen LogP contribution is -1.97. The molecule has 1 radical (unpaired) electrons. The van der Waals surface area contributed by atoms with E-state index < -0.39 is 0 Å². The summed E-state index contributed by atoms with van der Waals surface area (Å²) in [7, 11) is 0. The third-order valence-electron chi connectivity index (χ3n) is 2.45. The predicted octanol–water partition coefficient (Wildman–Crippen LogP) is 4.17. The molecule has 1 aromatic rings. The third-order valence-corrected chi connectivity index (χ3v) is 2.45. The molecule has 0 unspecified atom stereocenters. The van der Waals surface area contributed by atoms with E-state index in [1.165, 1.54) is 31.2 Å². The van der Waals surface area contributed by atoms with E-state index in [4.69, 9.17) is 0 Å². The van der Waals surface area contributed by atoms with Crippen LogP contribution in [0.2, 0.25) is 0 Å². The summed E-state index contributed by atoms with van der Waals surface area (Å²) in [6.45, 7) is 4.51. The second-order valence-corrected chi connectivity index (χ2v) is 3.59. The lowest BCUT2D eigenvalue weighted by atomic mass is 9.91. The molecule has 0 saturated carbocycles. The highest BCUT2D eigenvalue weighted by Gasteiger charge is 2.08. The van der Waals surface area contributed by atoms with Crippen molar-refractivity contribution in [3.63, 3.8) is 0 Å². The monoisotopic (exact) mass is 175 g/mol. The molecule has 0 aliphatic heterocycles. The minimum atomic E-state index is 0.733. The van der Waals surface area contributed by atoms with E-state index in [9.17, 15) is 0 Å². The van der Waals surface area contributed by atoms with E-state index in [2.05, 4.69) is 32.0 Å². The Morgan fingerprint density at radius 2 is 1.85 bits per heavy atom. The minimum Gasteiger partial charge on any atom is -0.0654 e. The fourth-order valence-corrected chi connectivity index (χ4v) is 1.81. The quantitative estimate of drug-likeness (QED) is 0.630. The molecule has 0 aromatic heterocycles. The maximum absolute atomic E-state index is 3.34. The lowest BCUT2D eigenvalue weighted by Gasteiger charge is -2.14. The average molecular weight is 175 g/mol. The molecule has 0 N–H and O–H groups in total. The summed E-state index contributed by atoms with van der Waals surface area (Å²) >= 11 is 0. The van der Waals surface area contributed by atoms with Crippen LogP contribution in [0.25, 0.3) is 0 Å². The van der Waals surface area contributed by atoms with Crippen molar-refractivity contribution in [3.8, 4) is 0 Å². The van der Waals surface area contributed by atoms with Crippen LogP contribution in [0.4, 0.5) is 0 Å². The van der Waals surface area contributed by atoms with E-state index in [1.54, 1.807) is 0 Å². The molecule has 0 saturated heterocycles. The van der Waals surface area contributed by atoms with Gasteiger partial charge in [-0.15, -0.1) is 0 Å². The Morgan fingerprint density at radius 1 is 1.15 bits per heavy atom. The Bertz CT molecular complexity index is 207. The molecule has 71 valence electrons. The zero-order valence-electron chi connectivity index (χ0n) is 8.72. The first-order valence-electron chi connectivity index (χ1n) is 5.35. The van der Waals surface area contributed by atoms with Crippen molar-refractivity contribution < 1.29 is 0 Å². The molecular formula is C13H19. The summed E-state index contributed by atoms with van der Waals surface area (Å²) in [6, 6.07) is 11.7. The van der Waals surface area contributed by atoms with Crippen LogP contribution < -0.4 is 0 Å². The molecule has 1 rings (SSSR count). The van der Waals surface area contributed by atoms with Gasteiger partial charge in [-0.1, -0.05) is 51.0 Å². The Hall–Kier alpha value is -0.780. The Balaban J connectivity index is 2.64. The highest BCUT2D eigenvalue weighted by molar-refractivity contribution is 5.17. The third kappa shape index (κ3) is 3.22. The van der Waals surface area contributed by atoms with Crippen molar-refractivity contribution in [2.45, 2.75) is 45.4 Å². The van der Waals surface area contributed by atoms with Crippen molar-refractivity contribution in [1.82, 2.24) is 0 Å². The summed E-state index contributed by atoms with van der Waals surface area (Å²) in [5.41, 5.74) is 1.39. The van der Waals surface area contributed by atoms with Crippen LogP contribution in [-0.2, 0) is 0 Å². The average Bonchev–Trinajstić information content (AvgIpc) is 2.19. The normalized spacial score (nSPS) is 10.7. The van der Waals surface area contributed by atoms with Crippen molar-refractivity contribution in [3.05, 3.63) is 35.9 Å². The smallest absolute Gasteiger partial charge is 0.0146 e. The Morgan fingerprint density at radius 3 is 2.31 bits per heavy atom. The fraction of sp³-hybridized carbons (Fsp3) is 0.538. The van der Waals surface area contributed by atoms with Crippen LogP contribution in [0.15, 0.2) is 24.3 Å². The molecule has 0 heteroatoms. The SMILES string of the molecule is CCCC(CCC)c1[c]cccc1. The van der Waals surface area contributed by atoms with Gasteiger partial charge in [0.1, 0.15) is 0 Å². The highest BCUT2D eigenvalue weighted by Crippen LogP contribution is 2.25. The molecule has 1 aromatic carbocycles. The molecule has 0 nitrogen and oxygen atoms in total. The first kappa shape index (κ1) is 10.3. The summed E-state index contributed by atoms with van der Waals surface area (Å²) in [5, 5.41) is 0. The molecule has 0 amide bonds. The van der Waals surface area contributed by atoms with Crippen LogP contribution in [0, 0.1) is 6.07 Å². The Labute approximate surface area is 82.0 Å². The van der Waals surface area contributed by atoms with Crippen LogP contribution >= 0.6 is 0 Å². The van der Waals surface area contributed by atoms with Gasteiger partial charge in [-0.3, -0.25) is 0 Å². The van der Waals surface area contributed by atoms with Crippen LogP contribution in [0.5, 0.6) is 0 Å². The minimum absolute atomic E-state index is 0.733. The largest absolute Gasteiger partial charge is 0.0654 e. The molecule has 0 bridgehead atoms. The summed E-state index contributed by atoms with van der Waals surface area (Å²) < 4.78 is 0. The van der Waals surface area contributed by atoms with Crippen molar-refractivity contribution in [2.75, 3.05) is 0 Å². The number of hydrogen-bond acceptors (Lipinski definition) is 0. The molecule has 0 aliphatic carbocycles. The first-order valence-corrected chi connectivity index (χ1v) is 5.35. The van der Waals surface area contributed by atoms with Gasteiger partial charge in [-0.25, -0.2) is 0 Å². The van der Waals surface area contributed by atoms with E-state index in [1.807, 2.05) is 12.1 Å². The Kier molecular flexibility index (Phi) is 4.59. The van der Waals surface area contributed by atoms with Crippen LogP contribution in [0.3, 0.4) is 0 Å². The second kappa shape index (κ2) is 5.80. The van der Waals surface area contributed by atoms with Gasteiger partial charge in [0.05, 0.1) is 0 Å². The zero-order chi connectivity index (χ0) is 9.52. The van der Waals surface area contributed by atoms with Crippen LogP contribution in [0.1, 0.15) is 51.0 Å². The van der Waals surface area contributed by atoms with Crippen LogP contribution in [-0.4, -0.2) is 0 Å². The maximum Gasteiger partial charge on any atom is -0.0146 e. The van der Waals surface area contributed by atoms with Gasteiger partial charge in [0.25, 0.3) is 0 Å². The van der Waals surface area contributed by atoms with Crippen molar-refractivity contribution in [2.24, 2.45) is 0 Å². The van der Waals surface area contributed by atoms with Gasteiger partial charge < -0.3 is 0 Å². The molecule has 0 spiro atoms. The maximum atomic E-state index is 3.34. The highest BCUT2D eigenvalue weighted by atomic mass is 14.1. The van der Waals surface area contributed by atoms with Gasteiger partial charge in [-0.05, 0) is 30.4 Å². The number of hydrogen-bond donors (Lipinski definition) is 0. The molecular weight excluding hydrogens is 156 g/mol. The molecule has 13 heavy (non-hydrogen) atoms. The number of rotatable bonds is 5. The lowest BCUT2D eigenvalue weighted by molar-refractivity contribution is 0.560. The van der Waals surface area contributed by atoms with E-state index in [0.29, 0.717) is 0 Å². The molecule has 0 fully saturated rings. The summed E-state index contributed by atoms with van der Waals surface area (Å²) in [6.07, 6.45) is 5.14. The molecule has 0 heterocycles. The van der Waals surface area contributed by atoms with E-state index in [0.717, 1.165) is 5.92 Å². The molecule has 0 atom stereocenters. The van der Waals surface area contributed by atoms with E-state index >= 15 is 0 Å². The topological polar surface area (TPSA) is 0 Å². The van der Waals surface area contributed by atoms with Gasteiger partial charge in [-0.2, -0.15) is 0 Å². The fourth-order valence-electron chi connectivity index (χ4n) is 1.81. The van der Waals surface area contributed by atoms with Crippen molar-refractivity contribution >= 4 is 0 Å². The summed E-state index contributed by atoms with van der Waals surface area (Å²) in [5.74, 6) is 0.733. The standard InChI is InChI=1S/C13H19/c1-3-8-12(9-4-2)13-10-6-5-7-11-13/h5-7,10,12H,3-4,8-9H2,1-2H3. The molecule has 0 aliphatic rings.